The van der Waals surface area contributed by atoms with E-state index in [-0.39, 0.29) is 0 Å². The van der Waals surface area contributed by atoms with Gasteiger partial charge in [0.25, 0.3) is 0 Å². The zero-order valence-corrected chi connectivity index (χ0v) is 9.69. The zero-order valence-electron chi connectivity index (χ0n) is 9.69. The molecule has 1 aromatic heterocycles. The van der Waals surface area contributed by atoms with E-state index in [1.54, 1.807) is 0 Å². The number of aliphatic imine (C=N–C) groups is 1. The van der Waals surface area contributed by atoms with Crippen LogP contribution in [0.15, 0.2) is 41.2 Å². The molecule has 0 fully saturated rings. The highest BCUT2D eigenvalue weighted by Crippen LogP contribution is 2.34. The molecule has 0 amide bonds. The van der Waals surface area contributed by atoms with Crippen LogP contribution in [0.25, 0.3) is 11.3 Å². The van der Waals surface area contributed by atoms with E-state index in [1.165, 1.54) is 28.2 Å². The number of aryl methyl sites for hydroxylation is 1. The second-order valence-corrected chi connectivity index (χ2v) is 4.79. The van der Waals surface area contributed by atoms with E-state index in [4.69, 9.17) is 0 Å². The van der Waals surface area contributed by atoms with Crippen LogP contribution in [-0.4, -0.2) is 10.8 Å². The van der Waals surface area contributed by atoms with Gasteiger partial charge in [-0.1, -0.05) is 12.2 Å². The number of aromatic nitrogens is 1. The van der Waals surface area contributed by atoms with E-state index in [2.05, 4.69) is 46.3 Å². The molecule has 3 aliphatic rings. The molecule has 0 saturated carbocycles. The standard InChI is InChI=1S/C15H14N2/c1-2-7-14-13(6-1)16-10-12-5-3-4-11-8-9-17(14)15(11)12/h2,5,7-10H,1,3-4,6H2. The summed E-state index contributed by atoms with van der Waals surface area (Å²) in [4.78, 5) is 4.67. The molecular weight excluding hydrogens is 208 g/mol. The molecule has 0 spiro atoms. The maximum absolute atomic E-state index is 4.67. The van der Waals surface area contributed by atoms with Gasteiger partial charge in [0.15, 0.2) is 0 Å². The highest BCUT2D eigenvalue weighted by molar-refractivity contribution is 6.11. The molecule has 0 N–H and O–H groups in total. The summed E-state index contributed by atoms with van der Waals surface area (Å²) in [5.74, 6) is 0. The van der Waals surface area contributed by atoms with Crippen LogP contribution in [0.4, 0.5) is 0 Å². The van der Waals surface area contributed by atoms with Crippen LogP contribution in [-0.2, 0) is 6.42 Å². The highest BCUT2D eigenvalue weighted by atomic mass is 15.0. The summed E-state index contributed by atoms with van der Waals surface area (Å²) in [5.41, 5.74) is 6.59. The summed E-state index contributed by atoms with van der Waals surface area (Å²) < 4.78 is 2.32. The van der Waals surface area contributed by atoms with Crippen LogP contribution in [0.5, 0.6) is 0 Å². The van der Waals surface area contributed by atoms with Crippen molar-refractivity contribution in [2.75, 3.05) is 0 Å². The molecule has 84 valence electrons. The van der Waals surface area contributed by atoms with Gasteiger partial charge in [-0.15, -0.1) is 0 Å². The monoisotopic (exact) mass is 222 g/mol. The molecular formula is C15H14N2. The highest BCUT2D eigenvalue weighted by Gasteiger charge is 2.21. The molecule has 0 atom stereocenters. The molecule has 17 heavy (non-hydrogen) atoms. The van der Waals surface area contributed by atoms with Crippen LogP contribution in [0.2, 0.25) is 0 Å². The van der Waals surface area contributed by atoms with E-state index in [0.29, 0.717) is 0 Å². The Morgan fingerprint density at radius 3 is 3.18 bits per heavy atom. The maximum atomic E-state index is 4.67. The minimum atomic E-state index is 1.06. The van der Waals surface area contributed by atoms with Crippen molar-refractivity contribution >= 4 is 17.5 Å². The first-order valence-electron chi connectivity index (χ1n) is 6.28. The third kappa shape index (κ3) is 1.24. The average molecular weight is 222 g/mol. The molecule has 2 aliphatic carbocycles. The zero-order chi connectivity index (χ0) is 11.2. The summed E-state index contributed by atoms with van der Waals surface area (Å²) in [5, 5.41) is 0. The number of rotatable bonds is 0. The lowest BCUT2D eigenvalue weighted by molar-refractivity contribution is 0.916. The Kier molecular flexibility index (Phi) is 1.81. The lowest BCUT2D eigenvalue weighted by Gasteiger charge is -2.16. The van der Waals surface area contributed by atoms with E-state index < -0.39 is 0 Å². The van der Waals surface area contributed by atoms with Crippen molar-refractivity contribution < 1.29 is 0 Å². The van der Waals surface area contributed by atoms with Crippen molar-refractivity contribution in [2.24, 2.45) is 4.99 Å². The topological polar surface area (TPSA) is 17.3 Å². The molecule has 4 rings (SSSR count). The van der Waals surface area contributed by atoms with E-state index >= 15 is 0 Å². The lowest BCUT2D eigenvalue weighted by atomic mass is 9.98. The third-order valence-corrected chi connectivity index (χ3v) is 3.76. The van der Waals surface area contributed by atoms with Crippen molar-refractivity contribution in [3.05, 3.63) is 47.4 Å². The van der Waals surface area contributed by atoms with E-state index in [1.807, 2.05) is 0 Å². The van der Waals surface area contributed by atoms with Crippen molar-refractivity contribution in [1.82, 2.24) is 4.57 Å². The van der Waals surface area contributed by atoms with Gasteiger partial charge in [-0.25, -0.2) is 0 Å². The summed E-state index contributed by atoms with van der Waals surface area (Å²) in [6, 6.07) is 2.26. The quantitative estimate of drug-likeness (QED) is 0.640. The average Bonchev–Trinajstić information content (AvgIpc) is 2.73. The second-order valence-electron chi connectivity index (χ2n) is 4.79. The fourth-order valence-corrected chi connectivity index (χ4v) is 2.93. The number of nitrogens with zero attached hydrogens (tertiary/aromatic N) is 2. The second kappa shape index (κ2) is 3.33. The molecule has 2 heterocycles. The van der Waals surface area contributed by atoms with Crippen LogP contribution < -0.4 is 0 Å². The fraction of sp³-hybridized carbons (Fsp3) is 0.267. The van der Waals surface area contributed by atoms with E-state index in [0.717, 1.165) is 25.7 Å². The summed E-state index contributed by atoms with van der Waals surface area (Å²) in [6.45, 7) is 0. The molecule has 1 aliphatic heterocycles. The largest absolute Gasteiger partial charge is 0.314 e. The van der Waals surface area contributed by atoms with Gasteiger partial charge in [-0.3, -0.25) is 4.99 Å². The van der Waals surface area contributed by atoms with Gasteiger partial charge < -0.3 is 4.57 Å². The molecule has 0 radical (unpaired) electrons. The van der Waals surface area contributed by atoms with Gasteiger partial charge >= 0.3 is 0 Å². The minimum Gasteiger partial charge on any atom is -0.314 e. The molecule has 0 unspecified atom stereocenters. The van der Waals surface area contributed by atoms with Crippen molar-refractivity contribution in [2.45, 2.75) is 25.7 Å². The first-order chi connectivity index (χ1) is 8.43. The first-order valence-corrected chi connectivity index (χ1v) is 6.28. The summed E-state index contributed by atoms with van der Waals surface area (Å²) in [6.07, 6.45) is 15.5. The van der Waals surface area contributed by atoms with Crippen LogP contribution in [0.3, 0.4) is 0 Å². The molecule has 0 aromatic carbocycles. The van der Waals surface area contributed by atoms with E-state index in [9.17, 15) is 0 Å². The van der Waals surface area contributed by atoms with Gasteiger partial charge in [0, 0.05) is 18.0 Å². The van der Waals surface area contributed by atoms with Crippen LogP contribution in [0, 0.1) is 0 Å². The Bertz CT molecular complexity index is 609. The minimum absolute atomic E-state index is 1.06. The fourth-order valence-electron chi connectivity index (χ4n) is 2.93. The first kappa shape index (κ1) is 9.23. The molecule has 0 saturated heterocycles. The summed E-state index contributed by atoms with van der Waals surface area (Å²) in [7, 11) is 0. The Morgan fingerprint density at radius 1 is 1.18 bits per heavy atom. The van der Waals surface area contributed by atoms with Crippen molar-refractivity contribution in [3.63, 3.8) is 0 Å². The Balaban J connectivity index is 2.03. The normalized spacial score (nSPS) is 20.8. The predicted octanol–water partition coefficient (Wildman–Crippen LogP) is 3.42. The molecule has 2 nitrogen and oxygen atoms in total. The van der Waals surface area contributed by atoms with Gasteiger partial charge in [0.05, 0.1) is 17.1 Å². The van der Waals surface area contributed by atoms with Gasteiger partial charge in [0.2, 0.25) is 0 Å². The number of allylic oxidation sites excluding steroid dienone is 6. The smallest absolute Gasteiger partial charge is 0.0668 e. The molecule has 0 bridgehead atoms. The van der Waals surface area contributed by atoms with Crippen LogP contribution >= 0.6 is 0 Å². The summed E-state index contributed by atoms with van der Waals surface area (Å²) >= 11 is 0. The Hall–Kier alpha value is -1.83. The number of fused-ring (bicyclic) bond motifs is 1. The van der Waals surface area contributed by atoms with Crippen molar-refractivity contribution in [1.29, 1.82) is 0 Å². The lowest BCUT2D eigenvalue weighted by Crippen LogP contribution is -2.05. The van der Waals surface area contributed by atoms with Gasteiger partial charge in [-0.2, -0.15) is 0 Å². The molecule has 2 heteroatoms. The number of hydrogen-bond donors (Lipinski definition) is 0. The van der Waals surface area contributed by atoms with Crippen LogP contribution in [0.1, 0.15) is 30.5 Å². The Morgan fingerprint density at radius 2 is 2.18 bits per heavy atom. The SMILES string of the molecule is C1=CC2=C(CC1)N=CC1=CCCc3ccn2c31. The third-order valence-electron chi connectivity index (χ3n) is 3.76. The molecule has 1 aromatic rings. The maximum Gasteiger partial charge on any atom is 0.0668 e. The van der Waals surface area contributed by atoms with Gasteiger partial charge in [-0.05, 0) is 43.4 Å². The number of hydrogen-bond acceptors (Lipinski definition) is 1. The van der Waals surface area contributed by atoms with Crippen molar-refractivity contribution in [3.8, 4) is 0 Å². The van der Waals surface area contributed by atoms with Gasteiger partial charge in [0.1, 0.15) is 0 Å². The Labute approximate surface area is 101 Å². The predicted molar refractivity (Wildman–Crippen MR) is 70.8 cm³/mol.